The SMILES string of the molecule is CC(C)(C)ONC(=O)[C@@H](N)Cc1ccc(O)cc1. The van der Waals surface area contributed by atoms with Crippen molar-refractivity contribution in [1.82, 2.24) is 5.48 Å². The molecule has 18 heavy (non-hydrogen) atoms. The summed E-state index contributed by atoms with van der Waals surface area (Å²) < 4.78 is 0. The summed E-state index contributed by atoms with van der Waals surface area (Å²) in [4.78, 5) is 16.8. The summed E-state index contributed by atoms with van der Waals surface area (Å²) in [6.07, 6.45) is 0.389. The van der Waals surface area contributed by atoms with Crippen molar-refractivity contribution in [3.63, 3.8) is 0 Å². The Morgan fingerprint density at radius 1 is 1.39 bits per heavy atom. The van der Waals surface area contributed by atoms with Crippen molar-refractivity contribution < 1.29 is 14.7 Å². The zero-order valence-electron chi connectivity index (χ0n) is 10.9. The first-order valence-corrected chi connectivity index (χ1v) is 5.79. The number of hydrogen-bond donors (Lipinski definition) is 3. The molecule has 1 aromatic rings. The lowest BCUT2D eigenvalue weighted by Crippen LogP contribution is -2.44. The number of hydrogen-bond acceptors (Lipinski definition) is 4. The van der Waals surface area contributed by atoms with E-state index in [1.807, 2.05) is 20.8 Å². The quantitative estimate of drug-likeness (QED) is 0.701. The molecule has 0 saturated heterocycles. The largest absolute Gasteiger partial charge is 0.508 e. The molecule has 0 aliphatic rings. The van der Waals surface area contributed by atoms with Crippen LogP contribution in [-0.2, 0) is 16.1 Å². The van der Waals surface area contributed by atoms with Gasteiger partial charge in [-0.15, -0.1) is 0 Å². The average Bonchev–Trinajstić information content (AvgIpc) is 2.28. The van der Waals surface area contributed by atoms with Crippen LogP contribution in [0.15, 0.2) is 24.3 Å². The topological polar surface area (TPSA) is 84.6 Å². The van der Waals surface area contributed by atoms with E-state index in [0.29, 0.717) is 6.42 Å². The predicted molar refractivity (Wildman–Crippen MR) is 68.8 cm³/mol. The van der Waals surface area contributed by atoms with Crippen molar-refractivity contribution in [3.05, 3.63) is 29.8 Å². The number of carbonyl (C=O) groups excluding carboxylic acids is 1. The van der Waals surface area contributed by atoms with Crippen LogP contribution in [0, 0.1) is 0 Å². The van der Waals surface area contributed by atoms with Crippen LogP contribution in [0.3, 0.4) is 0 Å². The smallest absolute Gasteiger partial charge is 0.260 e. The van der Waals surface area contributed by atoms with Gasteiger partial charge in [0.25, 0.3) is 5.91 Å². The molecule has 0 fully saturated rings. The van der Waals surface area contributed by atoms with Crippen LogP contribution in [0.1, 0.15) is 26.3 Å². The molecule has 0 bridgehead atoms. The zero-order chi connectivity index (χ0) is 13.8. The Labute approximate surface area is 107 Å². The molecule has 0 aliphatic heterocycles. The fourth-order valence-corrected chi connectivity index (χ4v) is 1.26. The number of nitrogens with one attached hydrogen (secondary N) is 1. The predicted octanol–water partition coefficient (Wildman–Crippen LogP) is 1.11. The van der Waals surface area contributed by atoms with Crippen molar-refractivity contribution in [3.8, 4) is 5.75 Å². The third-order valence-electron chi connectivity index (χ3n) is 2.19. The Morgan fingerprint density at radius 3 is 2.44 bits per heavy atom. The van der Waals surface area contributed by atoms with Crippen molar-refractivity contribution in [1.29, 1.82) is 0 Å². The van der Waals surface area contributed by atoms with Crippen LogP contribution >= 0.6 is 0 Å². The number of carbonyl (C=O) groups is 1. The van der Waals surface area contributed by atoms with Crippen molar-refractivity contribution in [2.75, 3.05) is 0 Å². The first kappa shape index (κ1) is 14.5. The summed E-state index contributed by atoms with van der Waals surface area (Å²) >= 11 is 0. The molecule has 1 atom stereocenters. The lowest BCUT2D eigenvalue weighted by atomic mass is 10.1. The molecule has 0 aliphatic carbocycles. The maximum absolute atomic E-state index is 11.7. The number of amides is 1. The molecule has 0 spiro atoms. The van der Waals surface area contributed by atoms with Gasteiger partial charge in [0.15, 0.2) is 0 Å². The van der Waals surface area contributed by atoms with Gasteiger partial charge in [0.05, 0.1) is 11.6 Å². The van der Waals surface area contributed by atoms with E-state index in [2.05, 4.69) is 5.48 Å². The monoisotopic (exact) mass is 252 g/mol. The van der Waals surface area contributed by atoms with Crippen LogP contribution in [0.4, 0.5) is 0 Å². The maximum atomic E-state index is 11.7. The Hall–Kier alpha value is -1.59. The van der Waals surface area contributed by atoms with Gasteiger partial charge in [-0.25, -0.2) is 5.48 Å². The molecule has 1 aromatic carbocycles. The first-order valence-electron chi connectivity index (χ1n) is 5.79. The third-order valence-corrected chi connectivity index (χ3v) is 2.19. The van der Waals surface area contributed by atoms with Crippen LogP contribution in [0.25, 0.3) is 0 Å². The fourth-order valence-electron chi connectivity index (χ4n) is 1.26. The maximum Gasteiger partial charge on any atom is 0.260 e. The fraction of sp³-hybridized carbons (Fsp3) is 0.462. The highest BCUT2D eigenvalue weighted by Gasteiger charge is 2.18. The van der Waals surface area contributed by atoms with Gasteiger partial charge in [0.1, 0.15) is 5.75 Å². The Bertz CT molecular complexity index is 396. The van der Waals surface area contributed by atoms with Crippen molar-refractivity contribution in [2.45, 2.75) is 38.8 Å². The summed E-state index contributed by atoms with van der Waals surface area (Å²) in [5.41, 5.74) is 8.53. The van der Waals surface area contributed by atoms with Gasteiger partial charge in [-0.2, -0.15) is 0 Å². The van der Waals surface area contributed by atoms with Gasteiger partial charge in [0, 0.05) is 0 Å². The minimum absolute atomic E-state index is 0.188. The van der Waals surface area contributed by atoms with Gasteiger partial charge >= 0.3 is 0 Å². The van der Waals surface area contributed by atoms with E-state index in [9.17, 15) is 4.79 Å². The molecule has 4 N–H and O–H groups in total. The van der Waals surface area contributed by atoms with Gasteiger partial charge < -0.3 is 10.8 Å². The molecule has 100 valence electrons. The van der Waals surface area contributed by atoms with E-state index in [-0.39, 0.29) is 11.7 Å². The summed E-state index contributed by atoms with van der Waals surface area (Å²) in [6.45, 7) is 5.50. The van der Waals surface area contributed by atoms with E-state index in [1.54, 1.807) is 24.3 Å². The van der Waals surface area contributed by atoms with E-state index in [4.69, 9.17) is 15.7 Å². The summed E-state index contributed by atoms with van der Waals surface area (Å²) in [6, 6.07) is 5.90. The molecule has 0 saturated carbocycles. The highest BCUT2D eigenvalue weighted by atomic mass is 16.7. The second-order valence-electron chi connectivity index (χ2n) is 5.16. The molecule has 5 heteroatoms. The molecule has 0 heterocycles. The van der Waals surface area contributed by atoms with E-state index in [1.165, 1.54) is 0 Å². The first-order chi connectivity index (χ1) is 8.28. The number of rotatable bonds is 4. The van der Waals surface area contributed by atoms with E-state index >= 15 is 0 Å². The van der Waals surface area contributed by atoms with Crippen LogP contribution in [-0.4, -0.2) is 22.7 Å². The number of aromatic hydroxyl groups is 1. The van der Waals surface area contributed by atoms with Gasteiger partial charge in [-0.1, -0.05) is 12.1 Å². The second kappa shape index (κ2) is 5.84. The van der Waals surface area contributed by atoms with Crippen LogP contribution in [0.5, 0.6) is 5.75 Å². The van der Waals surface area contributed by atoms with Gasteiger partial charge in [0.2, 0.25) is 0 Å². The molecule has 1 rings (SSSR count). The highest BCUT2D eigenvalue weighted by molar-refractivity contribution is 5.80. The van der Waals surface area contributed by atoms with Crippen molar-refractivity contribution in [2.24, 2.45) is 5.73 Å². The molecular weight excluding hydrogens is 232 g/mol. The molecule has 0 aromatic heterocycles. The summed E-state index contributed by atoms with van der Waals surface area (Å²) in [5, 5.41) is 9.14. The van der Waals surface area contributed by atoms with E-state index < -0.39 is 11.6 Å². The van der Waals surface area contributed by atoms with Crippen LogP contribution < -0.4 is 11.2 Å². The summed E-state index contributed by atoms with van der Waals surface area (Å²) in [5.74, 6) is -0.175. The number of nitrogens with two attached hydrogens (primary N) is 1. The zero-order valence-corrected chi connectivity index (χ0v) is 10.9. The molecule has 0 unspecified atom stereocenters. The average molecular weight is 252 g/mol. The second-order valence-corrected chi connectivity index (χ2v) is 5.16. The van der Waals surface area contributed by atoms with Gasteiger partial charge in [-0.3, -0.25) is 9.63 Å². The number of phenols is 1. The number of benzene rings is 1. The third kappa shape index (κ3) is 5.16. The van der Waals surface area contributed by atoms with E-state index in [0.717, 1.165) is 5.56 Å². The normalized spacial score (nSPS) is 13.1. The Morgan fingerprint density at radius 2 is 1.94 bits per heavy atom. The minimum Gasteiger partial charge on any atom is -0.508 e. The summed E-state index contributed by atoms with van der Waals surface area (Å²) in [7, 11) is 0. The minimum atomic E-state index is -0.683. The van der Waals surface area contributed by atoms with Crippen molar-refractivity contribution >= 4 is 5.91 Å². The standard InChI is InChI=1S/C13H20N2O3/c1-13(2,3)18-15-12(17)11(14)8-9-4-6-10(16)7-5-9/h4-7,11,16H,8,14H2,1-3H3,(H,15,17)/t11-/m0/s1. The molecular formula is C13H20N2O3. The molecule has 0 radical (unpaired) electrons. The number of hydroxylamine groups is 1. The van der Waals surface area contributed by atoms with Gasteiger partial charge in [-0.05, 0) is 44.9 Å². The molecule has 1 amide bonds. The Kier molecular flexibility index (Phi) is 4.69. The highest BCUT2D eigenvalue weighted by Crippen LogP contribution is 2.11. The lowest BCUT2D eigenvalue weighted by molar-refractivity contribution is -0.146. The lowest BCUT2D eigenvalue weighted by Gasteiger charge is -2.20. The number of phenolic OH excluding ortho intramolecular Hbond substituents is 1. The molecule has 5 nitrogen and oxygen atoms in total. The van der Waals surface area contributed by atoms with Crippen LogP contribution in [0.2, 0.25) is 0 Å². The Balaban J connectivity index is 2.47.